The lowest BCUT2D eigenvalue weighted by atomic mass is 9.67. The van der Waals surface area contributed by atoms with Crippen LogP contribution in [0, 0.1) is 23.3 Å². The zero-order chi connectivity index (χ0) is 44.2. The lowest BCUT2D eigenvalue weighted by Gasteiger charge is -2.38. The van der Waals surface area contributed by atoms with E-state index in [1.807, 2.05) is 51.3 Å². The molecule has 0 aromatic heterocycles. The van der Waals surface area contributed by atoms with Gasteiger partial charge in [-0.15, -0.1) is 11.8 Å². The Balaban J connectivity index is 1.65. The summed E-state index contributed by atoms with van der Waals surface area (Å²) in [4.78, 5) is 9.81. The van der Waals surface area contributed by atoms with Crippen molar-refractivity contribution in [2.45, 2.75) is 81.3 Å². The number of halogens is 4. The minimum absolute atomic E-state index is 0.0915. The Morgan fingerprint density at radius 1 is 0.800 bits per heavy atom. The van der Waals surface area contributed by atoms with Crippen LogP contribution in [-0.2, 0) is 37.0 Å². The molecule has 0 amide bonds. The third-order valence-corrected chi connectivity index (χ3v) is 13.8. The van der Waals surface area contributed by atoms with Gasteiger partial charge in [-0.2, -0.15) is 16.8 Å². The second-order valence-electron chi connectivity index (χ2n) is 16.9. The predicted octanol–water partition coefficient (Wildman–Crippen LogP) is 6.92. The first kappa shape index (κ1) is 43.3. The lowest BCUT2D eigenvalue weighted by Crippen LogP contribution is -2.50. The van der Waals surface area contributed by atoms with Crippen molar-refractivity contribution in [2.24, 2.45) is 0 Å². The van der Waals surface area contributed by atoms with Gasteiger partial charge in [-0.25, -0.2) is 22.1 Å². The largest absolute Gasteiger partial charge is 0.481 e. The summed E-state index contributed by atoms with van der Waals surface area (Å²) in [5.74, 6) is -10.3. The highest BCUT2D eigenvalue weighted by atomic mass is 32.2. The Hall–Kier alpha value is -4.81. The van der Waals surface area contributed by atoms with Crippen molar-refractivity contribution in [1.82, 2.24) is 4.58 Å². The maximum atomic E-state index is 16.7. The van der Waals surface area contributed by atoms with Crippen molar-refractivity contribution < 1.29 is 53.4 Å². The Morgan fingerprint density at radius 2 is 1.42 bits per heavy atom. The lowest BCUT2D eigenvalue weighted by molar-refractivity contribution is -0.133. The van der Waals surface area contributed by atoms with Crippen LogP contribution >= 0.6 is 11.8 Å². The quantitative estimate of drug-likeness (QED) is 0.0457. The monoisotopic (exact) mass is 885 g/mol. The number of benzene rings is 4. The second kappa shape index (κ2) is 14.4. The fraction of sp³-hybridized carbons (Fsp3) is 0.302. The molecule has 2 heterocycles. The van der Waals surface area contributed by atoms with Crippen LogP contribution in [0.3, 0.4) is 0 Å². The summed E-state index contributed by atoms with van der Waals surface area (Å²) < 4.78 is 136. The molecule has 4 N–H and O–H groups in total. The van der Waals surface area contributed by atoms with Gasteiger partial charge in [0.15, 0.2) is 35.4 Å². The molecule has 0 radical (unpaired) electrons. The highest BCUT2D eigenvalue weighted by Gasteiger charge is 2.42. The Kier molecular flexibility index (Phi) is 10.4. The van der Waals surface area contributed by atoms with Crippen LogP contribution in [0.4, 0.5) is 23.2 Å². The predicted molar refractivity (Wildman–Crippen MR) is 222 cm³/mol. The van der Waals surface area contributed by atoms with E-state index in [1.165, 1.54) is 30.3 Å². The molecule has 10 nitrogen and oxygen atoms in total. The number of fused-ring (bicyclic) bond motifs is 4. The Morgan fingerprint density at radius 3 is 1.98 bits per heavy atom. The molecule has 4 aromatic rings. The van der Waals surface area contributed by atoms with Gasteiger partial charge < -0.3 is 10.4 Å². The molecule has 0 saturated carbocycles. The number of carbonyl (C=O) groups is 1. The summed E-state index contributed by atoms with van der Waals surface area (Å²) in [6, 6.07) is 12.2. The third-order valence-electron chi connectivity index (χ3n) is 11.2. The van der Waals surface area contributed by atoms with E-state index in [2.05, 4.69) is 5.32 Å². The number of hydrogen-bond donors (Lipinski definition) is 4. The van der Waals surface area contributed by atoms with E-state index in [9.17, 15) is 35.8 Å². The van der Waals surface area contributed by atoms with Crippen molar-refractivity contribution in [3.63, 3.8) is 0 Å². The fourth-order valence-corrected chi connectivity index (χ4v) is 10.5. The van der Waals surface area contributed by atoms with Crippen LogP contribution in [0.25, 0.3) is 16.7 Å². The molecule has 0 spiro atoms. The van der Waals surface area contributed by atoms with Crippen molar-refractivity contribution in [2.75, 3.05) is 16.8 Å². The normalized spacial score (nSPS) is 17.4. The third kappa shape index (κ3) is 7.59. The Bertz CT molecular complexity index is 2980. The average Bonchev–Trinajstić information content (AvgIpc) is 3.11. The molecule has 2 aliphatic heterocycles. The average molecular weight is 886 g/mol. The van der Waals surface area contributed by atoms with Crippen molar-refractivity contribution in [3.05, 3.63) is 133 Å². The summed E-state index contributed by atoms with van der Waals surface area (Å²) >= 11 is 0.0915. The molecular formula is C43H41F4N2O8S3+. The SMILES string of the molecule is CC1=CC(C)(C)Nc2cc3c(cc21)C(c1c(F)c(F)c(SCC(=O)O)c(F)c1F)=c1cc2c(cc1C3(C)C)=[N+](Cc1ccc(S(=O)(=O)O)cc1)C(C)(C)C=C2CS(=O)(=O)O. The molecule has 0 bridgehead atoms. The smallest absolute Gasteiger partial charge is 0.313 e. The van der Waals surface area contributed by atoms with Gasteiger partial charge in [0, 0.05) is 47.7 Å². The Labute approximate surface area is 348 Å². The van der Waals surface area contributed by atoms with Gasteiger partial charge in [-0.3, -0.25) is 13.9 Å². The molecule has 316 valence electrons. The van der Waals surface area contributed by atoms with Gasteiger partial charge >= 0.3 is 5.97 Å². The molecule has 0 fully saturated rings. The van der Waals surface area contributed by atoms with E-state index in [0.717, 1.165) is 5.57 Å². The molecule has 3 aliphatic rings. The van der Waals surface area contributed by atoms with E-state index in [1.54, 1.807) is 32.1 Å². The zero-order valence-electron chi connectivity index (χ0n) is 33.5. The van der Waals surface area contributed by atoms with Crippen LogP contribution in [0.1, 0.15) is 87.4 Å². The van der Waals surface area contributed by atoms with Gasteiger partial charge in [-0.1, -0.05) is 32.1 Å². The van der Waals surface area contributed by atoms with Gasteiger partial charge in [0.1, 0.15) is 5.75 Å². The minimum atomic E-state index is -4.69. The summed E-state index contributed by atoms with van der Waals surface area (Å²) in [5, 5.41) is 13.2. The number of anilines is 1. The minimum Gasteiger partial charge on any atom is -0.481 e. The first-order valence-electron chi connectivity index (χ1n) is 18.6. The number of carboxylic acids is 1. The number of nitrogens with one attached hydrogen (secondary N) is 1. The first-order chi connectivity index (χ1) is 27.6. The molecule has 0 unspecified atom stereocenters. The van der Waals surface area contributed by atoms with Gasteiger partial charge in [0.05, 0.1) is 32.2 Å². The zero-order valence-corrected chi connectivity index (χ0v) is 35.9. The molecule has 7 rings (SSSR count). The molecule has 17 heteroatoms. The maximum absolute atomic E-state index is 16.7. The van der Waals surface area contributed by atoms with Crippen molar-refractivity contribution in [3.8, 4) is 0 Å². The van der Waals surface area contributed by atoms with Crippen LogP contribution < -0.4 is 20.5 Å². The number of hydrogen-bond acceptors (Lipinski definition) is 7. The van der Waals surface area contributed by atoms with Crippen molar-refractivity contribution in [1.29, 1.82) is 0 Å². The molecule has 1 aliphatic carbocycles. The van der Waals surface area contributed by atoms with Crippen LogP contribution in [-0.4, -0.2) is 59.6 Å². The molecular weight excluding hydrogens is 845 g/mol. The van der Waals surface area contributed by atoms with E-state index in [-0.39, 0.29) is 50.7 Å². The van der Waals surface area contributed by atoms with Gasteiger partial charge in [0.25, 0.3) is 20.2 Å². The van der Waals surface area contributed by atoms with E-state index in [4.69, 9.17) is 0 Å². The van der Waals surface area contributed by atoms with Crippen LogP contribution in [0.15, 0.2) is 70.5 Å². The highest BCUT2D eigenvalue weighted by molar-refractivity contribution is 8.00. The molecule has 0 atom stereocenters. The summed E-state index contributed by atoms with van der Waals surface area (Å²) in [5.41, 5.74) is 0.474. The van der Waals surface area contributed by atoms with E-state index >= 15 is 17.6 Å². The standard InChI is InChI=1S/C43H40F4N2O8S3/c1-21-16-41(2,3)48-31-14-29-27(12-25(21)31)34(35-36(44)38(46)40(39(47)37(35)45)58-19-33(50)51)28-13-26-23(20-59(52,53)54)17-42(4,5)49(32(26)15-30(28)43(29,6)7)18-22-8-10-24(11-9-22)60(55,56)57/h8-17H,18-20H2,1-7H3,(H3,50,51,52,53,54,55,56,57)/p+1. The number of carboxylic acid groups (broad SMARTS) is 1. The fourth-order valence-electron chi connectivity index (χ4n) is 8.65. The first-order valence-corrected chi connectivity index (χ1v) is 22.6. The number of nitrogens with zero attached hydrogens (tertiary/aromatic N) is 1. The highest BCUT2D eigenvalue weighted by Crippen LogP contribution is 2.47. The van der Waals surface area contributed by atoms with Crippen LogP contribution in [0.5, 0.6) is 0 Å². The molecule has 4 aromatic carbocycles. The number of allylic oxidation sites excluding steroid dienone is 1. The number of thioether (sulfide) groups is 1. The van der Waals surface area contributed by atoms with Crippen LogP contribution in [0.2, 0.25) is 0 Å². The van der Waals surface area contributed by atoms with E-state index < -0.39 is 87.9 Å². The topological polar surface area (TPSA) is 161 Å². The summed E-state index contributed by atoms with van der Waals surface area (Å²) in [6.45, 7) is 13.2. The maximum Gasteiger partial charge on any atom is 0.313 e. The number of aliphatic carboxylic acids is 1. The summed E-state index contributed by atoms with van der Waals surface area (Å²) in [7, 11) is -9.19. The molecule has 60 heavy (non-hydrogen) atoms. The number of rotatable bonds is 9. The van der Waals surface area contributed by atoms with Gasteiger partial charge in [-0.05, 0) is 90.2 Å². The van der Waals surface area contributed by atoms with Crippen molar-refractivity contribution >= 4 is 60.4 Å². The second-order valence-corrected chi connectivity index (χ2v) is 20.8. The van der Waals surface area contributed by atoms with Gasteiger partial charge in [0.2, 0.25) is 5.36 Å². The molecule has 0 saturated heterocycles. The summed E-state index contributed by atoms with van der Waals surface area (Å²) in [6.07, 6.45) is 3.57. The van der Waals surface area contributed by atoms with E-state index in [0.29, 0.717) is 33.3 Å².